The number of carboxylic acid groups (broad SMARTS) is 1. The van der Waals surface area contributed by atoms with Gasteiger partial charge in [0.05, 0.1) is 13.2 Å². The number of rotatable bonds is 13. The fourth-order valence-corrected chi connectivity index (χ4v) is 2.47. The van der Waals surface area contributed by atoms with Gasteiger partial charge in [0.15, 0.2) is 0 Å². The summed E-state index contributed by atoms with van der Waals surface area (Å²) in [5, 5.41) is 34.8. The van der Waals surface area contributed by atoms with Gasteiger partial charge in [0.1, 0.15) is 24.2 Å². The van der Waals surface area contributed by atoms with Gasteiger partial charge in [0.25, 0.3) is 0 Å². The number of carbonyl (C=O) groups excluding carboxylic acids is 3. The molecule has 0 radical (unpaired) electrons. The van der Waals surface area contributed by atoms with Gasteiger partial charge in [-0.2, -0.15) is 0 Å². The third-order valence-electron chi connectivity index (χ3n) is 4.46. The summed E-state index contributed by atoms with van der Waals surface area (Å²) in [4.78, 5) is 48.2. The Balaban J connectivity index is 5.24. The number of hydrogen-bond acceptors (Lipinski definition) is 7. The lowest BCUT2D eigenvalue weighted by Gasteiger charge is -2.27. The molecule has 0 aromatic carbocycles. The first-order valence-corrected chi connectivity index (χ1v) is 9.59. The van der Waals surface area contributed by atoms with Crippen molar-refractivity contribution in [1.82, 2.24) is 16.0 Å². The van der Waals surface area contributed by atoms with Crippen molar-refractivity contribution < 1.29 is 34.5 Å². The third-order valence-corrected chi connectivity index (χ3v) is 4.46. The molecule has 0 heterocycles. The summed E-state index contributed by atoms with van der Waals surface area (Å²) in [6, 6.07) is -4.83. The van der Waals surface area contributed by atoms with Crippen LogP contribution in [-0.4, -0.2) is 76.4 Å². The van der Waals surface area contributed by atoms with Gasteiger partial charge in [-0.15, -0.1) is 0 Å². The Kier molecular flexibility index (Phi) is 12.1. The van der Waals surface area contributed by atoms with Crippen LogP contribution in [0.4, 0.5) is 0 Å². The minimum Gasteiger partial charge on any atom is -0.480 e. The van der Waals surface area contributed by atoms with Crippen molar-refractivity contribution in [3.05, 3.63) is 0 Å². The average Bonchev–Trinajstić information content (AvgIpc) is 2.67. The lowest BCUT2D eigenvalue weighted by molar-refractivity contribution is -0.143. The molecule has 0 aliphatic carbocycles. The number of hydrogen-bond donors (Lipinski definition) is 7. The van der Waals surface area contributed by atoms with Crippen LogP contribution < -0.4 is 21.7 Å². The summed E-state index contributed by atoms with van der Waals surface area (Å²) in [7, 11) is 0. The molecule has 29 heavy (non-hydrogen) atoms. The minimum absolute atomic E-state index is 0.000650. The Labute approximate surface area is 170 Å². The van der Waals surface area contributed by atoms with Crippen LogP contribution in [0, 0.1) is 11.8 Å². The molecular weight excluding hydrogens is 384 g/mol. The second kappa shape index (κ2) is 13.1. The Bertz CT molecular complexity index is 570. The van der Waals surface area contributed by atoms with E-state index in [-0.39, 0.29) is 18.3 Å². The summed E-state index contributed by atoms with van der Waals surface area (Å²) >= 11 is 0. The summed E-state index contributed by atoms with van der Waals surface area (Å²) in [6.07, 6.45) is 0.690. The van der Waals surface area contributed by atoms with Crippen LogP contribution in [0.3, 0.4) is 0 Å². The minimum atomic E-state index is -1.40. The molecule has 168 valence electrons. The molecule has 0 aromatic rings. The van der Waals surface area contributed by atoms with Crippen molar-refractivity contribution in [3.63, 3.8) is 0 Å². The van der Waals surface area contributed by atoms with E-state index in [1.165, 1.54) is 0 Å². The van der Waals surface area contributed by atoms with Crippen molar-refractivity contribution in [2.24, 2.45) is 17.6 Å². The number of aliphatic carboxylic acids is 1. The van der Waals surface area contributed by atoms with Gasteiger partial charge < -0.3 is 37.0 Å². The van der Waals surface area contributed by atoms with E-state index >= 15 is 0 Å². The van der Waals surface area contributed by atoms with Crippen LogP contribution in [0.15, 0.2) is 0 Å². The largest absolute Gasteiger partial charge is 0.480 e. The van der Waals surface area contributed by atoms with Crippen LogP contribution in [0.1, 0.15) is 40.5 Å². The maximum absolute atomic E-state index is 12.6. The van der Waals surface area contributed by atoms with Gasteiger partial charge in [-0.25, -0.2) is 4.79 Å². The summed E-state index contributed by atoms with van der Waals surface area (Å²) in [5.41, 5.74) is 5.45. The summed E-state index contributed by atoms with van der Waals surface area (Å²) < 4.78 is 0. The predicted molar refractivity (Wildman–Crippen MR) is 104 cm³/mol. The normalized spacial score (nSPS) is 16.3. The zero-order valence-electron chi connectivity index (χ0n) is 17.3. The first kappa shape index (κ1) is 26.8. The van der Waals surface area contributed by atoms with Crippen LogP contribution in [0.5, 0.6) is 0 Å². The number of nitrogens with two attached hydrogens (primary N) is 1. The number of aliphatic hydroxyl groups is 2. The fraction of sp³-hybridized carbons (Fsp3) is 0.778. The van der Waals surface area contributed by atoms with E-state index < -0.39 is 61.1 Å². The lowest BCUT2D eigenvalue weighted by Crippen LogP contribution is -2.59. The molecule has 0 spiro atoms. The number of amides is 3. The van der Waals surface area contributed by atoms with Crippen molar-refractivity contribution in [1.29, 1.82) is 0 Å². The SMILES string of the molecule is CCC(C)C(NC(=O)C(N)CO)C(=O)NC(CO)C(=O)NC(CC(C)C)C(=O)O. The Morgan fingerprint density at radius 3 is 1.83 bits per heavy atom. The molecule has 0 saturated heterocycles. The summed E-state index contributed by atoms with van der Waals surface area (Å²) in [5.74, 6) is -3.88. The van der Waals surface area contributed by atoms with E-state index in [2.05, 4.69) is 16.0 Å². The maximum atomic E-state index is 12.6. The van der Waals surface area contributed by atoms with Gasteiger partial charge >= 0.3 is 5.97 Å². The molecule has 0 rings (SSSR count). The monoisotopic (exact) mass is 418 g/mol. The highest BCUT2D eigenvalue weighted by atomic mass is 16.4. The van der Waals surface area contributed by atoms with E-state index in [0.717, 1.165) is 0 Å². The number of nitrogens with one attached hydrogen (secondary N) is 3. The molecule has 11 nitrogen and oxygen atoms in total. The maximum Gasteiger partial charge on any atom is 0.326 e. The standard InChI is InChI=1S/C18H34N4O7/c1-5-10(4)14(22-15(25)11(19)7-23)17(27)21-13(8-24)16(26)20-12(18(28)29)6-9(2)3/h9-14,23-24H,5-8,19H2,1-4H3,(H,20,26)(H,21,27)(H,22,25)(H,28,29). The topological polar surface area (TPSA) is 191 Å². The van der Waals surface area contributed by atoms with Gasteiger partial charge in [-0.3, -0.25) is 14.4 Å². The van der Waals surface area contributed by atoms with E-state index in [1.807, 2.05) is 0 Å². The second-order valence-corrected chi connectivity index (χ2v) is 7.43. The number of aliphatic hydroxyl groups excluding tert-OH is 2. The Morgan fingerprint density at radius 2 is 1.41 bits per heavy atom. The van der Waals surface area contributed by atoms with Crippen LogP contribution in [-0.2, 0) is 19.2 Å². The number of carboxylic acids is 1. The highest BCUT2D eigenvalue weighted by molar-refractivity contribution is 5.94. The highest BCUT2D eigenvalue weighted by Crippen LogP contribution is 2.09. The van der Waals surface area contributed by atoms with E-state index in [0.29, 0.717) is 6.42 Å². The second-order valence-electron chi connectivity index (χ2n) is 7.43. The molecule has 11 heteroatoms. The Hall–Kier alpha value is -2.24. The molecule has 8 N–H and O–H groups in total. The number of carbonyl (C=O) groups is 4. The van der Waals surface area contributed by atoms with Crippen molar-refractivity contribution in [2.45, 2.75) is 64.7 Å². The molecule has 0 aromatic heterocycles. The molecule has 5 atom stereocenters. The molecule has 0 fully saturated rings. The van der Waals surface area contributed by atoms with Gasteiger partial charge in [0.2, 0.25) is 17.7 Å². The average molecular weight is 418 g/mol. The molecule has 0 aliphatic rings. The van der Waals surface area contributed by atoms with Crippen LogP contribution >= 0.6 is 0 Å². The quantitative estimate of drug-likeness (QED) is 0.177. The molecule has 3 amide bonds. The van der Waals surface area contributed by atoms with Crippen molar-refractivity contribution >= 4 is 23.7 Å². The molecular formula is C18H34N4O7. The zero-order valence-corrected chi connectivity index (χ0v) is 17.3. The van der Waals surface area contributed by atoms with Crippen molar-refractivity contribution in [2.75, 3.05) is 13.2 Å². The third kappa shape index (κ3) is 9.20. The predicted octanol–water partition coefficient (Wildman–Crippen LogP) is -2.07. The first-order valence-electron chi connectivity index (χ1n) is 9.59. The molecule has 5 unspecified atom stereocenters. The van der Waals surface area contributed by atoms with Crippen LogP contribution in [0.2, 0.25) is 0 Å². The van der Waals surface area contributed by atoms with Crippen LogP contribution in [0.25, 0.3) is 0 Å². The van der Waals surface area contributed by atoms with E-state index in [9.17, 15) is 29.4 Å². The molecule has 0 aliphatic heterocycles. The van der Waals surface area contributed by atoms with Gasteiger partial charge in [0, 0.05) is 0 Å². The smallest absolute Gasteiger partial charge is 0.326 e. The van der Waals surface area contributed by atoms with Gasteiger partial charge in [-0.05, 0) is 18.3 Å². The molecule has 0 bridgehead atoms. The zero-order chi connectivity index (χ0) is 22.7. The first-order chi connectivity index (χ1) is 13.5. The fourth-order valence-electron chi connectivity index (χ4n) is 2.47. The van der Waals surface area contributed by atoms with E-state index in [1.54, 1.807) is 27.7 Å². The van der Waals surface area contributed by atoms with Crippen molar-refractivity contribution in [3.8, 4) is 0 Å². The Morgan fingerprint density at radius 1 is 0.862 bits per heavy atom. The van der Waals surface area contributed by atoms with E-state index in [4.69, 9.17) is 10.8 Å². The summed E-state index contributed by atoms with van der Waals surface area (Å²) in [6.45, 7) is 5.72. The highest BCUT2D eigenvalue weighted by Gasteiger charge is 2.32. The van der Waals surface area contributed by atoms with Gasteiger partial charge in [-0.1, -0.05) is 34.1 Å². The lowest BCUT2D eigenvalue weighted by atomic mass is 9.97. The molecule has 0 saturated carbocycles.